The highest BCUT2D eigenvalue weighted by molar-refractivity contribution is 6.14. The number of para-hydroxylation sites is 4. The zero-order valence-electron chi connectivity index (χ0n) is 29.9. The molecule has 3 nitrogen and oxygen atoms in total. The van der Waals surface area contributed by atoms with Gasteiger partial charge in [-0.3, -0.25) is 0 Å². The smallest absolute Gasteiger partial charge is 0.137 e. The van der Waals surface area contributed by atoms with Crippen LogP contribution in [0.15, 0.2) is 211 Å². The maximum Gasteiger partial charge on any atom is 0.137 e. The standard InChI is InChI=1S/C52H34N2O/c1-3-14-35(15-4-1)43-20-7-10-23-48(43)53(42-28-29-46-45-22-9-12-25-51(45)55-52(46)34-42)41-19-13-16-36(31-41)37-26-27-38-33-50-47(32-39(38)30-37)44-21-8-11-24-49(44)54(50)40-17-5-2-6-18-40/h1-34H. The van der Waals surface area contributed by atoms with Crippen LogP contribution in [0.4, 0.5) is 17.1 Å². The monoisotopic (exact) mass is 702 g/mol. The fraction of sp³-hybridized carbons (Fsp3) is 0. The Morgan fingerprint density at radius 1 is 0.364 bits per heavy atom. The van der Waals surface area contributed by atoms with E-state index in [4.69, 9.17) is 4.42 Å². The van der Waals surface area contributed by atoms with Crippen LogP contribution in [0.3, 0.4) is 0 Å². The molecule has 0 bridgehead atoms. The second-order valence-corrected chi connectivity index (χ2v) is 14.2. The van der Waals surface area contributed by atoms with Gasteiger partial charge in [0.25, 0.3) is 0 Å². The third-order valence-electron chi connectivity index (χ3n) is 10.9. The lowest BCUT2D eigenvalue weighted by atomic mass is 9.98. The molecule has 0 aliphatic rings. The second kappa shape index (κ2) is 12.6. The fourth-order valence-electron chi connectivity index (χ4n) is 8.38. The Morgan fingerprint density at radius 2 is 1.05 bits per heavy atom. The lowest BCUT2D eigenvalue weighted by Crippen LogP contribution is -2.11. The number of benzene rings is 9. The number of fused-ring (bicyclic) bond motifs is 7. The van der Waals surface area contributed by atoms with Crippen molar-refractivity contribution in [3.8, 4) is 27.9 Å². The largest absolute Gasteiger partial charge is 0.456 e. The van der Waals surface area contributed by atoms with E-state index in [1.165, 1.54) is 49.4 Å². The summed E-state index contributed by atoms with van der Waals surface area (Å²) >= 11 is 0. The van der Waals surface area contributed by atoms with Gasteiger partial charge in [0.1, 0.15) is 11.2 Å². The van der Waals surface area contributed by atoms with Crippen LogP contribution in [-0.4, -0.2) is 4.57 Å². The summed E-state index contributed by atoms with van der Waals surface area (Å²) in [7, 11) is 0. The highest BCUT2D eigenvalue weighted by Crippen LogP contribution is 2.44. The van der Waals surface area contributed by atoms with E-state index in [1.807, 2.05) is 12.1 Å². The van der Waals surface area contributed by atoms with Crippen molar-refractivity contribution >= 4 is 71.6 Å². The molecule has 2 heterocycles. The Labute approximate surface area is 318 Å². The summed E-state index contributed by atoms with van der Waals surface area (Å²) in [5.41, 5.74) is 13.2. The van der Waals surface area contributed by atoms with Gasteiger partial charge in [0.15, 0.2) is 0 Å². The van der Waals surface area contributed by atoms with E-state index in [9.17, 15) is 0 Å². The molecule has 11 aromatic rings. The van der Waals surface area contributed by atoms with Crippen LogP contribution >= 0.6 is 0 Å². The third kappa shape index (κ3) is 5.20. The first-order valence-corrected chi connectivity index (χ1v) is 18.8. The number of anilines is 3. The van der Waals surface area contributed by atoms with Crippen molar-refractivity contribution < 1.29 is 4.42 Å². The van der Waals surface area contributed by atoms with Gasteiger partial charge in [0, 0.05) is 50.2 Å². The van der Waals surface area contributed by atoms with Crippen LogP contribution in [0.5, 0.6) is 0 Å². The van der Waals surface area contributed by atoms with Crippen molar-refractivity contribution in [2.45, 2.75) is 0 Å². The summed E-state index contributed by atoms with van der Waals surface area (Å²) in [5.74, 6) is 0. The van der Waals surface area contributed by atoms with E-state index in [2.05, 4.69) is 204 Å². The molecule has 9 aromatic carbocycles. The first-order valence-electron chi connectivity index (χ1n) is 18.8. The van der Waals surface area contributed by atoms with E-state index < -0.39 is 0 Å². The zero-order chi connectivity index (χ0) is 36.3. The maximum absolute atomic E-state index is 6.42. The molecule has 0 atom stereocenters. The van der Waals surface area contributed by atoms with Crippen LogP contribution < -0.4 is 4.90 Å². The Morgan fingerprint density at radius 3 is 1.95 bits per heavy atom. The molecule has 0 amide bonds. The Bertz CT molecular complexity index is 3210. The summed E-state index contributed by atoms with van der Waals surface area (Å²) in [5, 5.41) is 7.17. The molecule has 0 aliphatic heterocycles. The summed E-state index contributed by atoms with van der Waals surface area (Å²) in [4.78, 5) is 2.36. The van der Waals surface area contributed by atoms with E-state index in [1.54, 1.807) is 0 Å². The minimum absolute atomic E-state index is 0.867. The van der Waals surface area contributed by atoms with Gasteiger partial charge < -0.3 is 13.9 Å². The van der Waals surface area contributed by atoms with Crippen LogP contribution in [0.2, 0.25) is 0 Å². The molecule has 0 radical (unpaired) electrons. The van der Waals surface area contributed by atoms with Gasteiger partial charge in [0.05, 0.1) is 16.7 Å². The average molecular weight is 703 g/mol. The van der Waals surface area contributed by atoms with E-state index in [0.717, 1.165) is 50.1 Å². The van der Waals surface area contributed by atoms with E-state index >= 15 is 0 Å². The number of aromatic nitrogens is 1. The average Bonchev–Trinajstić information content (AvgIpc) is 3.78. The van der Waals surface area contributed by atoms with Gasteiger partial charge in [-0.2, -0.15) is 0 Å². The van der Waals surface area contributed by atoms with Gasteiger partial charge in [-0.1, -0.05) is 127 Å². The molecule has 0 spiro atoms. The molecule has 3 heteroatoms. The lowest BCUT2D eigenvalue weighted by molar-refractivity contribution is 0.669. The first-order chi connectivity index (χ1) is 27.3. The molecule has 0 aliphatic carbocycles. The van der Waals surface area contributed by atoms with Gasteiger partial charge in [0.2, 0.25) is 0 Å². The SMILES string of the molecule is c1ccc(-c2ccccc2N(c2cccc(-c3ccc4cc5c(cc4c3)c3ccccc3n5-c3ccccc3)c2)c2ccc3c(c2)oc2ccccc23)cc1. The quantitative estimate of drug-likeness (QED) is 0.172. The zero-order valence-corrected chi connectivity index (χ0v) is 29.9. The fourth-order valence-corrected chi connectivity index (χ4v) is 8.38. The minimum Gasteiger partial charge on any atom is -0.456 e. The van der Waals surface area contributed by atoms with Crippen molar-refractivity contribution in [2.75, 3.05) is 4.90 Å². The molecule has 2 aromatic heterocycles. The van der Waals surface area contributed by atoms with Gasteiger partial charge >= 0.3 is 0 Å². The number of rotatable bonds is 6. The molecular weight excluding hydrogens is 669 g/mol. The molecule has 0 saturated carbocycles. The van der Waals surface area contributed by atoms with Crippen molar-refractivity contribution in [1.82, 2.24) is 4.57 Å². The highest BCUT2D eigenvalue weighted by atomic mass is 16.3. The van der Waals surface area contributed by atoms with Crippen LogP contribution in [-0.2, 0) is 0 Å². The Hall–Kier alpha value is -7.36. The van der Waals surface area contributed by atoms with Crippen molar-refractivity contribution in [2.24, 2.45) is 0 Å². The molecule has 55 heavy (non-hydrogen) atoms. The number of nitrogens with zero attached hydrogens (tertiary/aromatic N) is 2. The number of furan rings is 1. The summed E-state index contributed by atoms with van der Waals surface area (Å²) in [6.07, 6.45) is 0. The molecule has 0 fully saturated rings. The van der Waals surface area contributed by atoms with Crippen molar-refractivity contribution in [3.63, 3.8) is 0 Å². The lowest BCUT2D eigenvalue weighted by Gasteiger charge is -2.28. The summed E-state index contributed by atoms with van der Waals surface area (Å²) in [6, 6.07) is 74.0. The molecule has 0 saturated heterocycles. The Kier molecular flexibility index (Phi) is 7.17. The molecule has 0 unspecified atom stereocenters. The highest BCUT2D eigenvalue weighted by Gasteiger charge is 2.20. The second-order valence-electron chi connectivity index (χ2n) is 14.2. The van der Waals surface area contributed by atoms with Crippen LogP contribution in [0, 0.1) is 0 Å². The predicted octanol–water partition coefficient (Wildman–Crippen LogP) is 14.6. The topological polar surface area (TPSA) is 21.3 Å². The number of hydrogen-bond donors (Lipinski definition) is 0. The van der Waals surface area contributed by atoms with Crippen molar-refractivity contribution in [3.05, 3.63) is 206 Å². The van der Waals surface area contributed by atoms with Gasteiger partial charge in [-0.05, 0) is 100 Å². The first kappa shape index (κ1) is 31.2. The normalized spacial score (nSPS) is 11.6. The Balaban J connectivity index is 1.07. The minimum atomic E-state index is 0.867. The van der Waals surface area contributed by atoms with Gasteiger partial charge in [-0.25, -0.2) is 0 Å². The molecule has 11 rings (SSSR count). The van der Waals surface area contributed by atoms with Crippen molar-refractivity contribution in [1.29, 1.82) is 0 Å². The molecular formula is C52H34N2O. The van der Waals surface area contributed by atoms with E-state index in [-0.39, 0.29) is 0 Å². The van der Waals surface area contributed by atoms with E-state index in [0.29, 0.717) is 0 Å². The predicted molar refractivity (Wildman–Crippen MR) is 231 cm³/mol. The van der Waals surface area contributed by atoms with Crippen LogP contribution in [0.1, 0.15) is 0 Å². The van der Waals surface area contributed by atoms with Gasteiger partial charge in [-0.15, -0.1) is 0 Å². The maximum atomic E-state index is 6.42. The summed E-state index contributed by atoms with van der Waals surface area (Å²) < 4.78 is 8.80. The number of hydrogen-bond acceptors (Lipinski definition) is 2. The molecule has 258 valence electrons. The molecule has 0 N–H and O–H groups in total. The van der Waals surface area contributed by atoms with Crippen LogP contribution in [0.25, 0.3) is 82.5 Å². The third-order valence-corrected chi connectivity index (χ3v) is 10.9. The summed E-state index contributed by atoms with van der Waals surface area (Å²) in [6.45, 7) is 0.